The number of halogens is 10. The van der Waals surface area contributed by atoms with Gasteiger partial charge in [-0.05, 0) is 69.3 Å². The largest absolute Gasteiger partial charge is 0.494 e. The van der Waals surface area contributed by atoms with Crippen molar-refractivity contribution >= 4 is 46.3 Å². The number of benzene rings is 3. The van der Waals surface area contributed by atoms with Crippen LogP contribution in [-0.2, 0) is 20.9 Å². The molecule has 0 bridgehead atoms. The van der Waals surface area contributed by atoms with Crippen molar-refractivity contribution in [2.24, 2.45) is 5.73 Å². The summed E-state index contributed by atoms with van der Waals surface area (Å²) in [6.07, 6.45) is -11.8. The van der Waals surface area contributed by atoms with Crippen molar-refractivity contribution in [3.8, 4) is 22.8 Å². The van der Waals surface area contributed by atoms with Crippen LogP contribution in [0.15, 0.2) is 73.1 Å². The van der Waals surface area contributed by atoms with E-state index in [1.807, 2.05) is 62.2 Å². The number of ether oxygens (including phenoxy) is 2. The van der Waals surface area contributed by atoms with Crippen LogP contribution < -0.4 is 20.1 Å². The number of anilines is 2. The normalized spacial score (nSPS) is 11.2. The Balaban J connectivity index is 0.000000485. The van der Waals surface area contributed by atoms with Crippen molar-refractivity contribution in [2.45, 2.75) is 51.9 Å². The number of rotatable bonds is 10. The van der Waals surface area contributed by atoms with E-state index in [9.17, 15) is 39.5 Å². The van der Waals surface area contributed by atoms with Crippen LogP contribution in [0.4, 0.5) is 55.5 Å². The van der Waals surface area contributed by atoms with E-state index in [1.165, 1.54) is 0 Å². The van der Waals surface area contributed by atoms with Crippen molar-refractivity contribution in [3.05, 3.63) is 90.0 Å². The number of carboxylic acid groups (broad SMARTS) is 3. The van der Waals surface area contributed by atoms with Gasteiger partial charge in [0.1, 0.15) is 11.6 Å². The Bertz CT molecular complexity index is 2180. The average Bonchev–Trinajstić information content (AvgIpc) is 3.82. The fraction of sp³-hybridized carbons (Fsp3) is 0.250. The summed E-state index contributed by atoms with van der Waals surface area (Å²) in [6, 6.07) is 18.6. The topological polar surface area (TPSA) is 228 Å². The number of amidine groups is 1. The molecule has 0 spiro atoms. The fourth-order valence-corrected chi connectivity index (χ4v) is 4.43. The predicted molar refractivity (Wildman–Crippen MR) is 194 cm³/mol. The lowest BCUT2D eigenvalue weighted by Crippen LogP contribution is -2.21. The highest BCUT2D eigenvalue weighted by atomic mass is 19.4. The summed E-state index contributed by atoms with van der Waals surface area (Å²) < 4.78 is 122. The van der Waals surface area contributed by atoms with Crippen LogP contribution in [0.1, 0.15) is 31.9 Å². The van der Waals surface area contributed by atoms with Gasteiger partial charge < -0.3 is 45.4 Å². The number of hydrogen-bond donors (Lipinski definition) is 7. The summed E-state index contributed by atoms with van der Waals surface area (Å²) in [5.41, 5.74) is 10.2. The summed E-state index contributed by atoms with van der Waals surface area (Å²) in [5.74, 6) is -7.56. The van der Waals surface area contributed by atoms with E-state index in [1.54, 1.807) is 30.5 Å². The van der Waals surface area contributed by atoms with E-state index in [-0.39, 0.29) is 24.2 Å². The maximum Gasteiger partial charge on any atom is 0.490 e. The van der Waals surface area contributed by atoms with Crippen molar-refractivity contribution in [1.29, 1.82) is 5.41 Å². The first kappa shape index (κ1) is 49.1. The van der Waals surface area contributed by atoms with Crippen LogP contribution >= 0.6 is 0 Å². The second kappa shape index (κ2) is 20.6. The zero-order valence-electron chi connectivity index (χ0n) is 31.1. The number of fused-ring (bicyclic) bond motifs is 1. The number of imidazole rings is 1. The van der Waals surface area contributed by atoms with Gasteiger partial charge in [0.15, 0.2) is 11.6 Å². The number of hydrogen-bond acceptors (Lipinski definition) is 8. The molecule has 5 rings (SSSR count). The Morgan fingerprint density at radius 1 is 0.850 bits per heavy atom. The lowest BCUT2D eigenvalue weighted by molar-refractivity contribution is -0.193. The minimum Gasteiger partial charge on any atom is -0.494 e. The van der Waals surface area contributed by atoms with Crippen LogP contribution in [0.2, 0.25) is 0 Å². The van der Waals surface area contributed by atoms with Crippen LogP contribution in [-0.4, -0.2) is 85.3 Å². The van der Waals surface area contributed by atoms with Gasteiger partial charge in [0.05, 0.1) is 31.1 Å². The molecule has 2 aromatic heterocycles. The monoisotopic (exact) mass is 868 g/mol. The molecule has 2 heterocycles. The molecule has 14 nitrogen and oxygen atoms in total. The number of carboxylic acids is 3. The zero-order chi connectivity index (χ0) is 45.7. The molecule has 0 saturated carbocycles. The molecule has 0 saturated heterocycles. The van der Waals surface area contributed by atoms with E-state index in [0.29, 0.717) is 29.4 Å². The Hall–Kier alpha value is -7.01. The van der Waals surface area contributed by atoms with Gasteiger partial charge in [-0.15, -0.1) is 0 Å². The lowest BCUT2D eigenvalue weighted by atomic mass is 10.1. The third-order valence-corrected chi connectivity index (χ3v) is 6.99. The molecule has 5 aromatic rings. The molecule has 0 aliphatic heterocycles. The first-order valence-electron chi connectivity index (χ1n) is 16.5. The van der Waals surface area contributed by atoms with Gasteiger partial charge in [-0.3, -0.25) is 5.41 Å². The van der Waals surface area contributed by atoms with E-state index in [4.69, 9.17) is 50.3 Å². The molecule has 60 heavy (non-hydrogen) atoms. The molecule has 0 radical (unpaired) electrons. The average molecular weight is 869 g/mol. The number of nitrogens with zero attached hydrogens (tertiary/aromatic N) is 2. The van der Waals surface area contributed by atoms with Crippen LogP contribution in [0, 0.1) is 11.2 Å². The number of aromatic amines is 2. The third-order valence-electron chi connectivity index (χ3n) is 6.99. The zero-order valence-corrected chi connectivity index (χ0v) is 31.1. The summed E-state index contributed by atoms with van der Waals surface area (Å²) in [6.45, 7) is 6.17. The van der Waals surface area contributed by atoms with Crippen LogP contribution in [0.5, 0.6) is 11.5 Å². The highest BCUT2D eigenvalue weighted by Crippen LogP contribution is 2.34. The maximum absolute atomic E-state index is 15.7. The molecule has 0 aliphatic carbocycles. The number of nitrogen functional groups attached to an aromatic ring is 1. The maximum atomic E-state index is 15.7. The summed E-state index contributed by atoms with van der Waals surface area (Å²) >= 11 is 0. The quantitative estimate of drug-likeness (QED) is 0.0400. The summed E-state index contributed by atoms with van der Waals surface area (Å²) in [5, 5.41) is 30.2. The molecule has 0 atom stereocenters. The number of carbonyl (C=O) groups is 3. The second-order valence-corrected chi connectivity index (χ2v) is 11.8. The molecule has 0 aliphatic rings. The molecule has 0 amide bonds. The Labute approximate surface area is 331 Å². The van der Waals surface area contributed by atoms with Gasteiger partial charge >= 0.3 is 36.4 Å². The van der Waals surface area contributed by atoms with Crippen molar-refractivity contribution in [2.75, 3.05) is 11.5 Å². The predicted octanol–water partition coefficient (Wildman–Crippen LogP) is 8.41. The second-order valence-electron chi connectivity index (χ2n) is 11.8. The Morgan fingerprint density at radius 3 is 1.85 bits per heavy atom. The van der Waals surface area contributed by atoms with E-state index in [0.717, 1.165) is 27.8 Å². The summed E-state index contributed by atoms with van der Waals surface area (Å²) in [7, 11) is 0. The van der Waals surface area contributed by atoms with Gasteiger partial charge in [-0.2, -0.15) is 39.5 Å². The number of aliphatic carboxylic acids is 3. The highest BCUT2D eigenvalue weighted by Gasteiger charge is 2.39. The molecular weight excluding hydrogens is 834 g/mol. The molecule has 0 fully saturated rings. The van der Waals surface area contributed by atoms with Gasteiger partial charge in [0.25, 0.3) is 0 Å². The number of alkyl halides is 9. The number of H-pyrrole nitrogens is 2. The first-order valence-corrected chi connectivity index (χ1v) is 16.5. The van der Waals surface area contributed by atoms with Gasteiger partial charge in [0.2, 0.25) is 5.95 Å². The lowest BCUT2D eigenvalue weighted by Gasteiger charge is -2.24. The smallest absolute Gasteiger partial charge is 0.490 e. The molecule has 8 N–H and O–H groups in total. The number of nitrogens with one attached hydrogen (secondary N) is 3. The fourth-order valence-electron chi connectivity index (χ4n) is 4.43. The van der Waals surface area contributed by atoms with Gasteiger partial charge in [0, 0.05) is 45.5 Å². The molecular formula is C36H34F10N6O8. The van der Waals surface area contributed by atoms with Crippen molar-refractivity contribution in [3.63, 3.8) is 0 Å². The molecule has 326 valence electrons. The molecule has 0 unspecified atom stereocenters. The van der Waals surface area contributed by atoms with Crippen molar-refractivity contribution < 1.29 is 83.1 Å². The van der Waals surface area contributed by atoms with Gasteiger partial charge in [-0.25, -0.2) is 23.8 Å². The van der Waals surface area contributed by atoms with Crippen LogP contribution in [0.25, 0.3) is 22.2 Å². The minimum atomic E-state index is -5.08. The minimum absolute atomic E-state index is 0.0283. The standard InChI is InChI=1S/C30H31FN6O2.3C2HF3O2/c1-4-38-24-14-22(28(31)27(15-24)39-18(2)3)17-37(23-8-5-19(6-9-23)29(32)33)30-35-16-26(36-30)20-7-10-25-21(13-20)11-12-34-25;3*3-2(4,5)1(6)7/h5-16,18,34H,4,17H2,1-3H3,(H3,32,33)(H,35,36);3*(H,6,7). The van der Waals surface area contributed by atoms with E-state index < -0.39 is 42.3 Å². The first-order chi connectivity index (χ1) is 27.6. The molecule has 3 aromatic carbocycles. The number of aromatic nitrogens is 3. The van der Waals surface area contributed by atoms with E-state index >= 15 is 4.39 Å². The van der Waals surface area contributed by atoms with Gasteiger partial charge in [-0.1, -0.05) is 6.07 Å². The van der Waals surface area contributed by atoms with E-state index in [2.05, 4.69) is 21.0 Å². The highest BCUT2D eigenvalue weighted by molar-refractivity contribution is 5.95. The Morgan fingerprint density at radius 2 is 1.38 bits per heavy atom. The number of nitrogens with two attached hydrogens (primary N) is 1. The molecule has 24 heteroatoms. The summed E-state index contributed by atoms with van der Waals surface area (Å²) in [4.78, 5) is 39.8. The Kier molecular flexibility index (Phi) is 16.9. The SMILES string of the molecule is CCOc1cc(CN(c2ccc(C(=N)N)cc2)c2ncc(-c3ccc4[nH]ccc4c3)[nH]2)c(F)c(OC(C)C)c1.O=C(O)C(F)(F)F.O=C(O)C(F)(F)F.O=C(O)C(F)(F)F. The van der Waals surface area contributed by atoms with Crippen molar-refractivity contribution in [1.82, 2.24) is 15.0 Å². The third kappa shape index (κ3) is 15.1. The van der Waals surface area contributed by atoms with Crippen LogP contribution in [0.3, 0.4) is 0 Å².